The first-order valence-electron chi connectivity index (χ1n) is 4.02. The van der Waals surface area contributed by atoms with Gasteiger partial charge in [0, 0.05) is 16.6 Å². The molecule has 0 saturated carbocycles. The summed E-state index contributed by atoms with van der Waals surface area (Å²) in [5, 5.41) is 8.81. The number of hydrogen-bond acceptors (Lipinski definition) is 3. The summed E-state index contributed by atoms with van der Waals surface area (Å²) in [5.41, 5.74) is 12.3. The van der Waals surface area contributed by atoms with E-state index >= 15 is 0 Å². The fourth-order valence-corrected chi connectivity index (χ4v) is 1.31. The molecular formula is C9H13BrN2O. The van der Waals surface area contributed by atoms with Crippen molar-refractivity contribution in [3.63, 3.8) is 0 Å². The summed E-state index contributed by atoms with van der Waals surface area (Å²) in [6.45, 7) is -0.1000. The highest BCUT2D eigenvalue weighted by atomic mass is 79.9. The van der Waals surface area contributed by atoms with Crippen molar-refractivity contribution in [1.82, 2.24) is 0 Å². The van der Waals surface area contributed by atoms with Crippen LogP contribution in [0.1, 0.15) is 11.6 Å². The Morgan fingerprint density at radius 1 is 1.23 bits per heavy atom. The van der Waals surface area contributed by atoms with E-state index in [9.17, 15) is 0 Å². The van der Waals surface area contributed by atoms with E-state index in [1.54, 1.807) is 0 Å². The third-order valence-corrected chi connectivity index (χ3v) is 2.46. The minimum Gasteiger partial charge on any atom is -0.395 e. The van der Waals surface area contributed by atoms with Crippen LogP contribution in [0.2, 0.25) is 0 Å². The van der Waals surface area contributed by atoms with Gasteiger partial charge in [-0.05, 0) is 17.7 Å². The van der Waals surface area contributed by atoms with Crippen molar-refractivity contribution in [3.05, 3.63) is 34.3 Å². The quantitative estimate of drug-likeness (QED) is 0.736. The lowest BCUT2D eigenvalue weighted by molar-refractivity contribution is 0.250. The van der Waals surface area contributed by atoms with Gasteiger partial charge >= 0.3 is 0 Å². The molecular weight excluding hydrogens is 232 g/mol. The summed E-state index contributed by atoms with van der Waals surface area (Å²) in [6, 6.07) is 6.88. The molecule has 2 unspecified atom stereocenters. The van der Waals surface area contributed by atoms with Gasteiger partial charge in [-0.1, -0.05) is 28.1 Å². The maximum Gasteiger partial charge on any atom is 0.0601 e. The zero-order valence-corrected chi connectivity index (χ0v) is 8.74. The molecule has 0 aliphatic heterocycles. The molecule has 4 heteroatoms. The minimum absolute atomic E-state index is 0.1000. The van der Waals surface area contributed by atoms with Gasteiger partial charge in [0.15, 0.2) is 0 Å². The third kappa shape index (κ3) is 2.77. The number of halogens is 1. The van der Waals surface area contributed by atoms with Crippen LogP contribution in [-0.4, -0.2) is 17.8 Å². The normalized spacial score (nSPS) is 15.4. The zero-order chi connectivity index (χ0) is 9.84. The molecule has 0 saturated heterocycles. The Bertz CT molecular complexity index is 263. The number of benzene rings is 1. The summed E-state index contributed by atoms with van der Waals surface area (Å²) >= 11 is 3.33. The van der Waals surface area contributed by atoms with E-state index < -0.39 is 6.04 Å². The Labute approximate surface area is 85.9 Å². The second-order valence-corrected chi connectivity index (χ2v) is 3.84. The molecule has 1 rings (SSSR count). The highest BCUT2D eigenvalue weighted by molar-refractivity contribution is 9.10. The minimum atomic E-state index is -0.402. The van der Waals surface area contributed by atoms with Gasteiger partial charge in [0.1, 0.15) is 0 Å². The molecule has 2 atom stereocenters. The lowest BCUT2D eigenvalue weighted by atomic mass is 10.0. The van der Waals surface area contributed by atoms with E-state index in [1.807, 2.05) is 24.3 Å². The van der Waals surface area contributed by atoms with Gasteiger partial charge in [0.25, 0.3) is 0 Å². The van der Waals surface area contributed by atoms with Crippen LogP contribution in [0.3, 0.4) is 0 Å². The van der Waals surface area contributed by atoms with Crippen LogP contribution >= 0.6 is 15.9 Å². The van der Waals surface area contributed by atoms with E-state index in [-0.39, 0.29) is 12.6 Å². The molecule has 0 spiro atoms. The first-order chi connectivity index (χ1) is 6.15. The fourth-order valence-electron chi connectivity index (χ4n) is 1.05. The van der Waals surface area contributed by atoms with E-state index in [4.69, 9.17) is 16.6 Å². The van der Waals surface area contributed by atoms with E-state index in [1.165, 1.54) is 0 Å². The molecule has 0 aliphatic carbocycles. The lowest BCUT2D eigenvalue weighted by Gasteiger charge is -2.17. The molecule has 0 aliphatic rings. The van der Waals surface area contributed by atoms with Gasteiger partial charge in [0.2, 0.25) is 0 Å². The Kier molecular flexibility index (Phi) is 3.87. The summed E-state index contributed by atoms with van der Waals surface area (Å²) in [7, 11) is 0. The topological polar surface area (TPSA) is 72.3 Å². The van der Waals surface area contributed by atoms with E-state index in [0.717, 1.165) is 10.0 Å². The van der Waals surface area contributed by atoms with Gasteiger partial charge in [-0.15, -0.1) is 0 Å². The van der Waals surface area contributed by atoms with Crippen LogP contribution in [0.15, 0.2) is 28.7 Å². The molecule has 0 bridgehead atoms. The Balaban J connectivity index is 2.77. The summed E-state index contributed by atoms with van der Waals surface area (Å²) in [4.78, 5) is 0. The average molecular weight is 245 g/mol. The molecule has 0 radical (unpaired) electrons. The summed E-state index contributed by atoms with van der Waals surface area (Å²) in [6.07, 6.45) is 0. The van der Waals surface area contributed by atoms with Gasteiger partial charge < -0.3 is 16.6 Å². The van der Waals surface area contributed by atoms with Crippen LogP contribution in [0.4, 0.5) is 0 Å². The van der Waals surface area contributed by atoms with Crippen LogP contribution in [-0.2, 0) is 0 Å². The van der Waals surface area contributed by atoms with Gasteiger partial charge in [0.05, 0.1) is 6.61 Å². The number of aliphatic hydroxyl groups is 1. The molecule has 3 nitrogen and oxygen atoms in total. The number of hydrogen-bond donors (Lipinski definition) is 3. The maximum absolute atomic E-state index is 8.81. The first kappa shape index (κ1) is 10.7. The molecule has 13 heavy (non-hydrogen) atoms. The molecule has 1 aromatic carbocycles. The molecule has 1 aromatic rings. The van der Waals surface area contributed by atoms with Crippen molar-refractivity contribution in [2.75, 3.05) is 6.61 Å². The number of nitrogens with two attached hydrogens (primary N) is 2. The summed E-state index contributed by atoms with van der Waals surface area (Å²) in [5.74, 6) is 0. The highest BCUT2D eigenvalue weighted by Gasteiger charge is 2.13. The maximum atomic E-state index is 8.81. The van der Waals surface area contributed by atoms with Gasteiger partial charge in [-0.3, -0.25) is 0 Å². The Morgan fingerprint density at radius 2 is 1.77 bits per heavy atom. The fraction of sp³-hybridized carbons (Fsp3) is 0.333. The van der Waals surface area contributed by atoms with Crippen molar-refractivity contribution in [1.29, 1.82) is 0 Å². The zero-order valence-electron chi connectivity index (χ0n) is 7.15. The lowest BCUT2D eigenvalue weighted by Crippen LogP contribution is -2.37. The monoisotopic (exact) mass is 244 g/mol. The van der Waals surface area contributed by atoms with Crippen LogP contribution < -0.4 is 11.5 Å². The second kappa shape index (κ2) is 4.72. The van der Waals surface area contributed by atoms with Crippen molar-refractivity contribution in [2.45, 2.75) is 12.1 Å². The average Bonchev–Trinajstić information content (AvgIpc) is 2.17. The Morgan fingerprint density at radius 3 is 2.23 bits per heavy atom. The largest absolute Gasteiger partial charge is 0.395 e. The van der Waals surface area contributed by atoms with Gasteiger partial charge in [-0.2, -0.15) is 0 Å². The molecule has 72 valence electrons. The van der Waals surface area contributed by atoms with E-state index in [2.05, 4.69) is 15.9 Å². The van der Waals surface area contributed by atoms with Crippen molar-refractivity contribution < 1.29 is 5.11 Å². The van der Waals surface area contributed by atoms with Crippen molar-refractivity contribution in [3.8, 4) is 0 Å². The molecule has 0 heterocycles. The molecule has 0 amide bonds. The predicted molar refractivity (Wildman–Crippen MR) is 56.1 cm³/mol. The highest BCUT2D eigenvalue weighted by Crippen LogP contribution is 2.16. The Hall–Kier alpha value is -0.420. The van der Waals surface area contributed by atoms with Crippen LogP contribution in [0.5, 0.6) is 0 Å². The smallest absolute Gasteiger partial charge is 0.0601 e. The van der Waals surface area contributed by atoms with Crippen molar-refractivity contribution >= 4 is 15.9 Å². The second-order valence-electron chi connectivity index (χ2n) is 2.92. The SMILES string of the molecule is NC(CO)C(N)c1ccc(Br)cc1. The summed E-state index contributed by atoms with van der Waals surface area (Å²) < 4.78 is 1.00. The molecule has 0 aromatic heterocycles. The van der Waals surface area contributed by atoms with Crippen molar-refractivity contribution in [2.24, 2.45) is 11.5 Å². The van der Waals surface area contributed by atoms with E-state index in [0.29, 0.717) is 0 Å². The molecule has 0 fully saturated rings. The number of aliphatic hydroxyl groups excluding tert-OH is 1. The first-order valence-corrected chi connectivity index (χ1v) is 4.82. The van der Waals surface area contributed by atoms with Crippen LogP contribution in [0, 0.1) is 0 Å². The standard InChI is InChI=1S/C9H13BrN2O/c10-7-3-1-6(2-4-7)9(12)8(11)5-13/h1-4,8-9,13H,5,11-12H2. The van der Waals surface area contributed by atoms with Gasteiger partial charge in [-0.25, -0.2) is 0 Å². The third-order valence-electron chi connectivity index (χ3n) is 1.93. The number of rotatable bonds is 3. The predicted octanol–water partition coefficient (Wildman–Crippen LogP) is 0.769. The molecule has 5 N–H and O–H groups in total. The van der Waals surface area contributed by atoms with Crippen LogP contribution in [0.25, 0.3) is 0 Å².